The standard InChI is InChI=1S/C15H20N2O4/c1-10(2)21-14-7-12(5-6-13(14)17(19)20)16-8-15(18,9-16)11-3-4-11/h5-7,10-11,18H,3-4,8-9H2,1-2H3. The maximum Gasteiger partial charge on any atom is 0.311 e. The molecule has 0 unspecified atom stereocenters. The molecule has 6 heteroatoms. The molecule has 0 radical (unpaired) electrons. The van der Waals surface area contributed by atoms with Crippen molar-refractivity contribution in [2.75, 3.05) is 18.0 Å². The largest absolute Gasteiger partial charge is 0.484 e. The highest BCUT2D eigenvalue weighted by molar-refractivity contribution is 5.61. The van der Waals surface area contributed by atoms with Crippen LogP contribution in [0.3, 0.4) is 0 Å². The molecule has 0 spiro atoms. The summed E-state index contributed by atoms with van der Waals surface area (Å²) in [5.41, 5.74) is 0.271. The molecule has 21 heavy (non-hydrogen) atoms. The number of anilines is 1. The van der Waals surface area contributed by atoms with E-state index in [9.17, 15) is 15.2 Å². The number of hydrogen-bond acceptors (Lipinski definition) is 5. The zero-order valence-corrected chi connectivity index (χ0v) is 12.3. The lowest BCUT2D eigenvalue weighted by Gasteiger charge is -2.48. The molecule has 0 bridgehead atoms. The molecule has 1 heterocycles. The summed E-state index contributed by atoms with van der Waals surface area (Å²) in [4.78, 5) is 12.6. The fourth-order valence-corrected chi connectivity index (χ4v) is 2.87. The number of nitro benzene ring substituents is 1. The van der Waals surface area contributed by atoms with Crippen LogP contribution in [0.1, 0.15) is 26.7 Å². The fraction of sp³-hybridized carbons (Fsp3) is 0.600. The average Bonchev–Trinajstić information content (AvgIpc) is 3.18. The smallest absolute Gasteiger partial charge is 0.311 e. The molecule has 0 aromatic heterocycles. The molecule has 0 atom stereocenters. The monoisotopic (exact) mass is 292 g/mol. The van der Waals surface area contributed by atoms with Gasteiger partial charge in [-0.1, -0.05) is 0 Å². The molecule has 114 valence electrons. The Labute approximate surface area is 123 Å². The van der Waals surface area contributed by atoms with Gasteiger partial charge in [0.15, 0.2) is 5.75 Å². The maximum atomic E-state index is 11.0. The first-order chi connectivity index (χ1) is 9.89. The fourth-order valence-electron chi connectivity index (χ4n) is 2.87. The zero-order valence-electron chi connectivity index (χ0n) is 12.3. The number of nitrogens with zero attached hydrogens (tertiary/aromatic N) is 2. The summed E-state index contributed by atoms with van der Waals surface area (Å²) in [7, 11) is 0. The van der Waals surface area contributed by atoms with Crippen LogP contribution >= 0.6 is 0 Å². The SMILES string of the molecule is CC(C)Oc1cc(N2CC(O)(C3CC3)C2)ccc1[N+](=O)[O-]. The van der Waals surface area contributed by atoms with Gasteiger partial charge in [-0.15, -0.1) is 0 Å². The third-order valence-electron chi connectivity index (χ3n) is 4.13. The molecule has 1 aromatic rings. The topological polar surface area (TPSA) is 75.8 Å². The maximum absolute atomic E-state index is 11.0. The Balaban J connectivity index is 1.79. The number of rotatable bonds is 5. The van der Waals surface area contributed by atoms with Gasteiger partial charge >= 0.3 is 5.69 Å². The summed E-state index contributed by atoms with van der Waals surface area (Å²) in [5, 5.41) is 21.4. The lowest BCUT2D eigenvalue weighted by atomic mass is 9.88. The highest BCUT2D eigenvalue weighted by atomic mass is 16.6. The molecule has 1 aliphatic heterocycles. The summed E-state index contributed by atoms with van der Waals surface area (Å²) in [5.74, 6) is 0.715. The van der Waals surface area contributed by atoms with E-state index in [0.717, 1.165) is 18.5 Å². The number of hydrogen-bond donors (Lipinski definition) is 1. The minimum atomic E-state index is -0.569. The molecular formula is C15H20N2O4. The molecule has 1 saturated carbocycles. The molecule has 1 aliphatic carbocycles. The van der Waals surface area contributed by atoms with Crippen LogP contribution in [0.15, 0.2) is 18.2 Å². The Morgan fingerprint density at radius 1 is 1.43 bits per heavy atom. The molecule has 2 fully saturated rings. The van der Waals surface area contributed by atoms with Crippen LogP contribution in [-0.4, -0.2) is 34.8 Å². The number of β-amino-alcohol motifs (C(OH)–C–C–N with tert-alkyl or cyclic N) is 1. The molecule has 0 amide bonds. The van der Waals surface area contributed by atoms with Crippen LogP contribution in [0.5, 0.6) is 5.75 Å². The summed E-state index contributed by atoms with van der Waals surface area (Å²) in [6.45, 7) is 4.87. The lowest BCUT2D eigenvalue weighted by molar-refractivity contribution is -0.386. The van der Waals surface area contributed by atoms with Crippen LogP contribution in [0.4, 0.5) is 11.4 Å². The van der Waals surface area contributed by atoms with E-state index < -0.39 is 10.5 Å². The van der Waals surface area contributed by atoms with Gasteiger partial charge in [0.25, 0.3) is 0 Å². The number of nitro groups is 1. The second-order valence-corrected chi connectivity index (χ2v) is 6.31. The first kappa shape index (κ1) is 14.1. The van der Waals surface area contributed by atoms with Crippen molar-refractivity contribution >= 4 is 11.4 Å². The van der Waals surface area contributed by atoms with Crippen LogP contribution in [0.2, 0.25) is 0 Å². The van der Waals surface area contributed by atoms with Crippen LogP contribution < -0.4 is 9.64 Å². The summed E-state index contributed by atoms with van der Waals surface area (Å²) in [6, 6.07) is 4.89. The van der Waals surface area contributed by atoms with Gasteiger partial charge in [0.05, 0.1) is 11.0 Å². The van der Waals surface area contributed by atoms with Gasteiger partial charge in [-0.3, -0.25) is 10.1 Å². The zero-order chi connectivity index (χ0) is 15.2. The van der Waals surface area contributed by atoms with E-state index in [4.69, 9.17) is 4.74 Å². The minimum absolute atomic E-state index is 0.0228. The van der Waals surface area contributed by atoms with Gasteiger partial charge < -0.3 is 14.7 Å². The molecule has 3 rings (SSSR count). The second kappa shape index (κ2) is 4.87. The third kappa shape index (κ3) is 2.68. The highest BCUT2D eigenvalue weighted by Crippen LogP contribution is 2.46. The molecule has 6 nitrogen and oxygen atoms in total. The number of ether oxygens (including phenoxy) is 1. The Morgan fingerprint density at radius 3 is 2.62 bits per heavy atom. The average molecular weight is 292 g/mol. The van der Waals surface area contributed by atoms with E-state index in [1.54, 1.807) is 12.1 Å². The van der Waals surface area contributed by atoms with E-state index >= 15 is 0 Å². The Bertz CT molecular complexity index is 563. The molecule has 1 N–H and O–H groups in total. The summed E-state index contributed by atoms with van der Waals surface area (Å²) in [6.07, 6.45) is 2.08. The van der Waals surface area contributed by atoms with Crippen molar-refractivity contribution < 1.29 is 14.8 Å². The van der Waals surface area contributed by atoms with Gasteiger partial charge in [0.2, 0.25) is 0 Å². The van der Waals surface area contributed by atoms with Crippen molar-refractivity contribution in [2.45, 2.75) is 38.4 Å². The first-order valence-corrected chi connectivity index (χ1v) is 7.31. The molecule has 1 saturated heterocycles. The minimum Gasteiger partial charge on any atom is -0.484 e. The normalized spacial score (nSPS) is 20.3. The van der Waals surface area contributed by atoms with E-state index in [1.807, 2.05) is 18.7 Å². The van der Waals surface area contributed by atoms with Crippen LogP contribution in [0.25, 0.3) is 0 Å². The third-order valence-corrected chi connectivity index (χ3v) is 4.13. The lowest BCUT2D eigenvalue weighted by Crippen LogP contribution is -2.63. The highest BCUT2D eigenvalue weighted by Gasteiger charge is 2.52. The number of benzene rings is 1. The number of aliphatic hydroxyl groups is 1. The first-order valence-electron chi connectivity index (χ1n) is 7.31. The van der Waals surface area contributed by atoms with Gasteiger partial charge in [-0.25, -0.2) is 0 Å². The van der Waals surface area contributed by atoms with Gasteiger partial charge in [-0.2, -0.15) is 0 Å². The van der Waals surface area contributed by atoms with Crippen molar-refractivity contribution in [3.8, 4) is 5.75 Å². The predicted molar refractivity (Wildman–Crippen MR) is 78.7 cm³/mol. The van der Waals surface area contributed by atoms with E-state index in [0.29, 0.717) is 19.0 Å². The van der Waals surface area contributed by atoms with Crippen LogP contribution in [0, 0.1) is 16.0 Å². The predicted octanol–water partition coefficient (Wildman–Crippen LogP) is 2.34. The Kier molecular flexibility index (Phi) is 3.28. The van der Waals surface area contributed by atoms with E-state index in [2.05, 4.69) is 0 Å². The Hall–Kier alpha value is -1.82. The van der Waals surface area contributed by atoms with Crippen molar-refractivity contribution in [2.24, 2.45) is 5.92 Å². The van der Waals surface area contributed by atoms with Gasteiger partial charge in [-0.05, 0) is 38.7 Å². The summed E-state index contributed by atoms with van der Waals surface area (Å²) < 4.78 is 5.55. The molecular weight excluding hydrogens is 272 g/mol. The molecule has 1 aromatic carbocycles. The van der Waals surface area contributed by atoms with Gasteiger partial charge in [0.1, 0.15) is 5.60 Å². The van der Waals surface area contributed by atoms with E-state index in [1.165, 1.54) is 6.07 Å². The Morgan fingerprint density at radius 2 is 2.10 bits per heavy atom. The summed E-state index contributed by atoms with van der Waals surface area (Å²) >= 11 is 0. The van der Waals surface area contributed by atoms with Crippen molar-refractivity contribution in [1.29, 1.82) is 0 Å². The van der Waals surface area contributed by atoms with Crippen molar-refractivity contribution in [3.05, 3.63) is 28.3 Å². The van der Waals surface area contributed by atoms with Crippen LogP contribution in [-0.2, 0) is 0 Å². The quantitative estimate of drug-likeness (QED) is 0.666. The van der Waals surface area contributed by atoms with Gasteiger partial charge in [0, 0.05) is 30.9 Å². The second-order valence-electron chi connectivity index (χ2n) is 6.31. The molecule has 2 aliphatic rings. The van der Waals surface area contributed by atoms with Crippen molar-refractivity contribution in [3.63, 3.8) is 0 Å². The van der Waals surface area contributed by atoms with Crippen molar-refractivity contribution in [1.82, 2.24) is 0 Å². The van der Waals surface area contributed by atoms with E-state index in [-0.39, 0.29) is 17.5 Å².